The van der Waals surface area contributed by atoms with Crippen LogP contribution in [0.1, 0.15) is 0 Å². The van der Waals surface area contributed by atoms with Crippen molar-refractivity contribution < 1.29 is 13.2 Å². The summed E-state index contributed by atoms with van der Waals surface area (Å²) in [7, 11) is 0. The Hall–Kier alpha value is 0.120. The fourth-order valence-electron chi connectivity index (χ4n) is 0.985. The number of benzene rings is 1. The highest BCUT2D eigenvalue weighted by Crippen LogP contribution is 2.30. The molecule has 1 nitrogen and oxygen atoms in total. The fraction of sp³-hybridized carbons (Fsp3) is 0.333. The molecule has 0 aliphatic rings. The minimum absolute atomic E-state index is 0.00793. The molecule has 0 spiro atoms. The highest BCUT2D eigenvalue weighted by atomic mass is 79.9. The molecule has 0 amide bonds. The Morgan fingerprint density at radius 1 is 1.25 bits per heavy atom. The molecular formula is C9H8Br2F3NS. The Morgan fingerprint density at radius 3 is 2.50 bits per heavy atom. The van der Waals surface area contributed by atoms with Crippen LogP contribution in [-0.2, 0) is 0 Å². The van der Waals surface area contributed by atoms with Crippen LogP contribution >= 0.6 is 43.6 Å². The largest absolute Gasteiger partial charge is 0.441 e. The molecule has 90 valence electrons. The van der Waals surface area contributed by atoms with Crippen LogP contribution in [0.25, 0.3) is 0 Å². The first kappa shape index (κ1) is 14.2. The van der Waals surface area contributed by atoms with E-state index in [-0.39, 0.29) is 24.1 Å². The molecule has 0 atom stereocenters. The van der Waals surface area contributed by atoms with Crippen LogP contribution in [0.15, 0.2) is 27.1 Å². The number of nitrogens with one attached hydrogen (secondary N) is 1. The van der Waals surface area contributed by atoms with Gasteiger partial charge in [0.2, 0.25) is 0 Å². The first-order valence-electron chi connectivity index (χ1n) is 4.28. The molecular weight excluding hydrogens is 371 g/mol. The van der Waals surface area contributed by atoms with Gasteiger partial charge in [-0.05, 0) is 45.9 Å². The van der Waals surface area contributed by atoms with Gasteiger partial charge in [0.25, 0.3) is 0 Å². The summed E-state index contributed by atoms with van der Waals surface area (Å²) in [5.41, 5.74) is -3.37. The van der Waals surface area contributed by atoms with Gasteiger partial charge in [-0.3, -0.25) is 0 Å². The molecule has 1 N–H and O–H groups in total. The number of rotatable bonds is 4. The highest BCUT2D eigenvalue weighted by Gasteiger charge is 2.27. The molecule has 1 rings (SSSR count). The van der Waals surface area contributed by atoms with Crippen molar-refractivity contribution in [2.75, 3.05) is 17.6 Å². The van der Waals surface area contributed by atoms with Crippen LogP contribution < -0.4 is 5.32 Å². The summed E-state index contributed by atoms with van der Waals surface area (Å²) in [4.78, 5) is 0. The Labute approximate surface area is 112 Å². The Balaban J connectivity index is 2.38. The summed E-state index contributed by atoms with van der Waals surface area (Å²) < 4.78 is 37.2. The lowest BCUT2D eigenvalue weighted by atomic mass is 10.3. The minimum atomic E-state index is -4.15. The number of anilines is 1. The van der Waals surface area contributed by atoms with Crippen molar-refractivity contribution in [1.82, 2.24) is 0 Å². The van der Waals surface area contributed by atoms with Crippen LogP contribution in [0.5, 0.6) is 0 Å². The van der Waals surface area contributed by atoms with E-state index in [9.17, 15) is 13.2 Å². The van der Waals surface area contributed by atoms with Crippen molar-refractivity contribution in [3.63, 3.8) is 0 Å². The summed E-state index contributed by atoms with van der Waals surface area (Å²) in [5.74, 6) is -0.00793. The molecule has 1 aromatic rings. The second-order valence-corrected chi connectivity index (χ2v) is 5.77. The molecule has 1 aromatic carbocycles. The quantitative estimate of drug-likeness (QED) is 0.749. The molecule has 0 radical (unpaired) electrons. The molecule has 0 heterocycles. The summed E-state index contributed by atoms with van der Waals surface area (Å²) in [6, 6.07) is 5.45. The number of thioether (sulfide) groups is 1. The van der Waals surface area contributed by atoms with Crippen LogP contribution in [0.3, 0.4) is 0 Å². The number of hydrogen-bond acceptors (Lipinski definition) is 2. The molecule has 0 aliphatic heterocycles. The van der Waals surface area contributed by atoms with Crippen LogP contribution in [0.4, 0.5) is 18.9 Å². The second-order valence-electron chi connectivity index (χ2n) is 2.85. The topological polar surface area (TPSA) is 12.0 Å². The standard InChI is InChI=1S/C9H8Br2F3NS/c10-6-1-2-8(7(11)5-6)15-3-4-16-9(12,13)14/h1-2,5,15H,3-4H2. The Kier molecular flexibility index (Phi) is 5.46. The van der Waals surface area contributed by atoms with Crippen molar-refractivity contribution in [2.24, 2.45) is 0 Å². The van der Waals surface area contributed by atoms with E-state index in [1.165, 1.54) is 0 Å². The SMILES string of the molecule is FC(F)(F)SCCNc1ccc(Br)cc1Br. The zero-order valence-electron chi connectivity index (χ0n) is 7.94. The molecule has 16 heavy (non-hydrogen) atoms. The maximum Gasteiger partial charge on any atom is 0.441 e. The molecule has 0 bridgehead atoms. The monoisotopic (exact) mass is 377 g/mol. The lowest BCUT2D eigenvalue weighted by Crippen LogP contribution is -2.09. The predicted molar refractivity (Wildman–Crippen MR) is 68.8 cm³/mol. The van der Waals surface area contributed by atoms with E-state index in [1.54, 1.807) is 6.07 Å². The molecule has 0 saturated heterocycles. The Morgan fingerprint density at radius 2 is 1.94 bits per heavy atom. The second kappa shape index (κ2) is 6.16. The first-order valence-corrected chi connectivity index (χ1v) is 6.85. The third-order valence-electron chi connectivity index (χ3n) is 1.61. The van der Waals surface area contributed by atoms with Crippen molar-refractivity contribution in [2.45, 2.75) is 5.51 Å². The van der Waals surface area contributed by atoms with Crippen LogP contribution in [0, 0.1) is 0 Å². The normalized spacial score (nSPS) is 11.6. The van der Waals surface area contributed by atoms with E-state index in [1.807, 2.05) is 12.1 Å². The molecule has 0 unspecified atom stereocenters. The van der Waals surface area contributed by atoms with Crippen LogP contribution in [-0.4, -0.2) is 17.8 Å². The highest BCUT2D eigenvalue weighted by molar-refractivity contribution is 9.11. The number of alkyl halides is 3. The van der Waals surface area contributed by atoms with Crippen molar-refractivity contribution in [1.29, 1.82) is 0 Å². The van der Waals surface area contributed by atoms with Gasteiger partial charge in [0.1, 0.15) is 0 Å². The third kappa shape index (κ3) is 5.45. The lowest BCUT2D eigenvalue weighted by molar-refractivity contribution is -0.0327. The van der Waals surface area contributed by atoms with E-state index in [0.717, 1.165) is 14.6 Å². The zero-order valence-corrected chi connectivity index (χ0v) is 11.9. The van der Waals surface area contributed by atoms with Crippen molar-refractivity contribution in [3.05, 3.63) is 27.1 Å². The minimum Gasteiger partial charge on any atom is -0.383 e. The lowest BCUT2D eigenvalue weighted by Gasteiger charge is -2.09. The van der Waals surface area contributed by atoms with Crippen LogP contribution in [0.2, 0.25) is 0 Å². The van der Waals surface area contributed by atoms with Crippen molar-refractivity contribution >= 4 is 49.3 Å². The van der Waals surface area contributed by atoms with Gasteiger partial charge in [0.15, 0.2) is 0 Å². The van der Waals surface area contributed by atoms with Gasteiger partial charge in [-0.25, -0.2) is 0 Å². The van der Waals surface area contributed by atoms with Gasteiger partial charge in [0.05, 0.1) is 0 Å². The Bertz CT molecular complexity index is 357. The molecule has 0 aliphatic carbocycles. The van der Waals surface area contributed by atoms with E-state index in [4.69, 9.17) is 0 Å². The number of hydrogen-bond donors (Lipinski definition) is 1. The average molecular weight is 379 g/mol. The summed E-state index contributed by atoms with van der Waals surface area (Å²) in [6.45, 7) is 0.268. The average Bonchev–Trinajstić information content (AvgIpc) is 2.13. The van der Waals surface area contributed by atoms with Gasteiger partial charge in [-0.15, -0.1) is 0 Å². The number of halogens is 5. The summed E-state index contributed by atoms with van der Waals surface area (Å²) in [5, 5.41) is 2.92. The third-order valence-corrected chi connectivity index (χ3v) is 3.50. The first-order chi connectivity index (χ1) is 7.38. The predicted octanol–water partition coefficient (Wildman–Crippen LogP) is 4.88. The van der Waals surface area contributed by atoms with Gasteiger partial charge in [-0.1, -0.05) is 15.9 Å². The molecule has 0 aromatic heterocycles. The van der Waals surface area contributed by atoms with E-state index in [2.05, 4.69) is 37.2 Å². The maximum atomic E-state index is 11.8. The van der Waals surface area contributed by atoms with Gasteiger partial charge < -0.3 is 5.32 Å². The van der Waals surface area contributed by atoms with Gasteiger partial charge >= 0.3 is 5.51 Å². The van der Waals surface area contributed by atoms with Gasteiger partial charge in [0, 0.05) is 26.9 Å². The van der Waals surface area contributed by atoms with Gasteiger partial charge in [-0.2, -0.15) is 13.2 Å². The van der Waals surface area contributed by atoms with E-state index in [0.29, 0.717) is 0 Å². The smallest absolute Gasteiger partial charge is 0.383 e. The van der Waals surface area contributed by atoms with Crippen molar-refractivity contribution in [3.8, 4) is 0 Å². The van der Waals surface area contributed by atoms with E-state index < -0.39 is 5.51 Å². The molecule has 7 heteroatoms. The summed E-state index contributed by atoms with van der Waals surface area (Å²) >= 11 is 6.59. The van der Waals surface area contributed by atoms with E-state index >= 15 is 0 Å². The fourth-order valence-corrected chi connectivity index (χ4v) is 2.61. The summed E-state index contributed by atoms with van der Waals surface area (Å²) in [6.07, 6.45) is 0. The maximum absolute atomic E-state index is 11.8. The zero-order chi connectivity index (χ0) is 12.2. The molecule has 0 saturated carbocycles. The molecule has 0 fully saturated rings.